The summed E-state index contributed by atoms with van der Waals surface area (Å²) in [6.07, 6.45) is 3.42. The summed E-state index contributed by atoms with van der Waals surface area (Å²) in [5, 5.41) is 2.90. The third-order valence-corrected chi connectivity index (χ3v) is 6.10. The molecule has 0 fully saturated rings. The van der Waals surface area contributed by atoms with E-state index >= 15 is 0 Å². The molecule has 0 saturated heterocycles. The monoisotopic (exact) mass is 426 g/mol. The second-order valence-corrected chi connectivity index (χ2v) is 8.41. The van der Waals surface area contributed by atoms with Gasteiger partial charge in [-0.2, -0.15) is 0 Å². The Morgan fingerprint density at radius 3 is 1.68 bits per heavy atom. The van der Waals surface area contributed by atoms with E-state index < -0.39 is 0 Å². The van der Waals surface area contributed by atoms with Crippen LogP contribution in [0.3, 0.4) is 0 Å². The minimum Gasteiger partial charge on any atom is -0.456 e. The molecule has 0 radical (unpaired) electrons. The van der Waals surface area contributed by atoms with Crippen LogP contribution in [0.5, 0.6) is 23.0 Å². The highest BCUT2D eigenvalue weighted by atomic mass is 35.5. The summed E-state index contributed by atoms with van der Waals surface area (Å²) in [5.74, 6) is 3.47. The molecule has 0 spiro atoms. The molecule has 1 aliphatic carbocycles. The van der Waals surface area contributed by atoms with Crippen LogP contribution in [0.15, 0.2) is 83.9 Å². The van der Waals surface area contributed by atoms with Crippen molar-refractivity contribution < 1.29 is 9.47 Å². The van der Waals surface area contributed by atoms with Crippen molar-refractivity contribution in [2.24, 2.45) is 0 Å². The summed E-state index contributed by atoms with van der Waals surface area (Å²) >= 11 is 6.50. The molecule has 0 atom stereocenters. The molecule has 0 aliphatic heterocycles. The molecule has 0 unspecified atom stereocenters. The van der Waals surface area contributed by atoms with Gasteiger partial charge in [0, 0.05) is 33.4 Å². The summed E-state index contributed by atoms with van der Waals surface area (Å²) in [5.41, 5.74) is 4.43. The number of fused-ring (bicyclic) bond motifs is 2. The molecule has 4 aromatic rings. The molecular formula is C28H23ClO2. The molecule has 0 N–H and O–H groups in total. The van der Waals surface area contributed by atoms with Crippen LogP contribution >= 0.6 is 11.6 Å². The Morgan fingerprint density at radius 1 is 0.645 bits per heavy atom. The SMILES string of the molecule is Cc1ccccc1Oc1c2c(c(Oc3ccccc3C)c3ccccc13)CC(Cl)=CC2. The van der Waals surface area contributed by atoms with Gasteiger partial charge in [0.15, 0.2) is 0 Å². The first-order valence-electron chi connectivity index (χ1n) is 10.5. The van der Waals surface area contributed by atoms with Crippen molar-refractivity contribution in [3.05, 3.63) is 106 Å². The minimum atomic E-state index is 0.632. The second kappa shape index (κ2) is 8.13. The third-order valence-electron chi connectivity index (χ3n) is 5.81. The smallest absolute Gasteiger partial charge is 0.139 e. The zero-order valence-electron chi connectivity index (χ0n) is 17.6. The van der Waals surface area contributed by atoms with Gasteiger partial charge in [0.1, 0.15) is 23.0 Å². The molecule has 2 nitrogen and oxygen atoms in total. The average molecular weight is 427 g/mol. The maximum Gasteiger partial charge on any atom is 0.139 e. The standard InChI is InChI=1S/C28H23ClO2/c1-18-9-3-7-13-25(18)30-27-21-11-5-6-12-22(21)28(24-17-20(29)15-16-23(24)27)31-26-14-8-4-10-19(26)2/h3-15H,16-17H2,1-2H3. The van der Waals surface area contributed by atoms with Gasteiger partial charge in [-0.25, -0.2) is 0 Å². The van der Waals surface area contributed by atoms with Crippen LogP contribution in [0.4, 0.5) is 0 Å². The quantitative estimate of drug-likeness (QED) is 0.327. The van der Waals surface area contributed by atoms with Crippen LogP contribution in [0.1, 0.15) is 22.3 Å². The molecule has 5 rings (SSSR count). The molecule has 1 aliphatic rings. The van der Waals surface area contributed by atoms with Gasteiger partial charge in [0.25, 0.3) is 0 Å². The van der Waals surface area contributed by atoms with Crippen molar-refractivity contribution in [1.82, 2.24) is 0 Å². The number of benzene rings is 4. The van der Waals surface area contributed by atoms with Crippen molar-refractivity contribution in [2.45, 2.75) is 26.7 Å². The minimum absolute atomic E-state index is 0.632. The summed E-state index contributed by atoms with van der Waals surface area (Å²) < 4.78 is 13.1. The van der Waals surface area contributed by atoms with Gasteiger partial charge in [-0.1, -0.05) is 78.3 Å². The highest BCUT2D eigenvalue weighted by Gasteiger charge is 2.25. The molecule has 0 aromatic heterocycles. The number of ether oxygens (including phenoxy) is 2. The van der Waals surface area contributed by atoms with E-state index in [-0.39, 0.29) is 0 Å². The van der Waals surface area contributed by atoms with E-state index in [4.69, 9.17) is 21.1 Å². The van der Waals surface area contributed by atoms with Crippen LogP contribution < -0.4 is 9.47 Å². The van der Waals surface area contributed by atoms with Gasteiger partial charge < -0.3 is 9.47 Å². The Balaban J connectivity index is 1.75. The molecule has 0 bridgehead atoms. The number of halogens is 1. The lowest BCUT2D eigenvalue weighted by atomic mass is 9.90. The molecule has 0 saturated carbocycles. The molecular weight excluding hydrogens is 404 g/mol. The van der Waals surface area contributed by atoms with Gasteiger partial charge >= 0.3 is 0 Å². The van der Waals surface area contributed by atoms with Gasteiger partial charge in [-0.15, -0.1) is 0 Å². The van der Waals surface area contributed by atoms with Crippen molar-refractivity contribution in [3.63, 3.8) is 0 Å². The topological polar surface area (TPSA) is 18.5 Å². The first-order valence-corrected chi connectivity index (χ1v) is 10.9. The van der Waals surface area contributed by atoms with Crippen LogP contribution in [0.25, 0.3) is 10.8 Å². The van der Waals surface area contributed by atoms with Crippen molar-refractivity contribution in [2.75, 3.05) is 0 Å². The highest BCUT2D eigenvalue weighted by molar-refractivity contribution is 6.30. The molecule has 154 valence electrons. The fraction of sp³-hybridized carbons (Fsp3) is 0.143. The predicted molar refractivity (Wildman–Crippen MR) is 128 cm³/mol. The van der Waals surface area contributed by atoms with Crippen LogP contribution in [-0.2, 0) is 12.8 Å². The number of hydrogen-bond acceptors (Lipinski definition) is 2. The largest absolute Gasteiger partial charge is 0.456 e. The summed E-state index contributed by atoms with van der Waals surface area (Å²) in [4.78, 5) is 0. The van der Waals surface area contributed by atoms with Crippen LogP contribution in [-0.4, -0.2) is 0 Å². The zero-order valence-corrected chi connectivity index (χ0v) is 18.4. The van der Waals surface area contributed by atoms with Crippen molar-refractivity contribution >= 4 is 22.4 Å². The fourth-order valence-corrected chi connectivity index (χ4v) is 4.34. The Bertz CT molecular complexity index is 1320. The lowest BCUT2D eigenvalue weighted by molar-refractivity contribution is 0.464. The predicted octanol–water partition coefficient (Wildman–Crippen LogP) is 8.26. The van der Waals surface area contributed by atoms with Gasteiger partial charge in [0.2, 0.25) is 0 Å². The lowest BCUT2D eigenvalue weighted by Crippen LogP contribution is -2.07. The first-order chi connectivity index (χ1) is 15.1. The molecule has 0 amide bonds. The van der Waals surface area contributed by atoms with Crippen LogP contribution in [0.2, 0.25) is 0 Å². The Kier molecular flexibility index (Phi) is 5.17. The summed E-state index contributed by atoms with van der Waals surface area (Å²) in [6.45, 7) is 4.13. The van der Waals surface area contributed by atoms with E-state index in [1.54, 1.807) is 0 Å². The summed E-state index contributed by atoms with van der Waals surface area (Å²) in [6, 6.07) is 24.5. The van der Waals surface area contributed by atoms with E-state index in [0.29, 0.717) is 12.8 Å². The van der Waals surface area contributed by atoms with E-state index in [0.717, 1.165) is 61.1 Å². The van der Waals surface area contributed by atoms with E-state index in [1.807, 2.05) is 48.5 Å². The van der Waals surface area contributed by atoms with Gasteiger partial charge in [-0.3, -0.25) is 0 Å². The van der Waals surface area contributed by atoms with Crippen LogP contribution in [0, 0.1) is 13.8 Å². The van der Waals surface area contributed by atoms with E-state index in [1.165, 1.54) is 0 Å². The Labute approximate surface area is 187 Å². The van der Waals surface area contributed by atoms with E-state index in [9.17, 15) is 0 Å². The number of para-hydroxylation sites is 2. The zero-order chi connectivity index (χ0) is 21.4. The Hall–Kier alpha value is -3.23. The first kappa shape index (κ1) is 19.7. The molecule has 4 aromatic carbocycles. The number of aryl methyl sites for hydroxylation is 2. The van der Waals surface area contributed by atoms with Gasteiger partial charge in [-0.05, 0) is 43.5 Å². The van der Waals surface area contributed by atoms with Gasteiger partial charge in [0.05, 0.1) is 0 Å². The number of rotatable bonds is 4. The maximum absolute atomic E-state index is 6.56. The second-order valence-electron chi connectivity index (χ2n) is 7.93. The average Bonchev–Trinajstić information content (AvgIpc) is 2.78. The number of allylic oxidation sites excluding steroid dienone is 2. The van der Waals surface area contributed by atoms with E-state index in [2.05, 4.69) is 44.2 Å². The Morgan fingerprint density at radius 2 is 1.13 bits per heavy atom. The number of hydrogen-bond donors (Lipinski definition) is 0. The molecule has 3 heteroatoms. The summed E-state index contributed by atoms with van der Waals surface area (Å²) in [7, 11) is 0. The maximum atomic E-state index is 6.56. The highest BCUT2D eigenvalue weighted by Crippen LogP contribution is 2.47. The fourth-order valence-electron chi connectivity index (χ4n) is 4.13. The molecule has 31 heavy (non-hydrogen) atoms. The van der Waals surface area contributed by atoms with Crippen molar-refractivity contribution in [3.8, 4) is 23.0 Å². The normalized spacial score (nSPS) is 12.9. The lowest BCUT2D eigenvalue weighted by Gasteiger charge is -2.25. The third kappa shape index (κ3) is 3.68. The molecule has 0 heterocycles. The van der Waals surface area contributed by atoms with Crippen molar-refractivity contribution in [1.29, 1.82) is 0 Å².